The van der Waals surface area contributed by atoms with Crippen molar-refractivity contribution in [2.24, 2.45) is 0 Å². The Balaban J connectivity index is 2.40. The van der Waals surface area contributed by atoms with E-state index in [4.69, 9.17) is 10.5 Å². The molecule has 6 heteroatoms. The summed E-state index contributed by atoms with van der Waals surface area (Å²) < 4.78 is 7.11. The van der Waals surface area contributed by atoms with Gasteiger partial charge in [0.25, 0.3) is 5.56 Å². The molecule has 3 N–H and O–H groups in total. The van der Waals surface area contributed by atoms with Crippen molar-refractivity contribution in [3.8, 4) is 17.2 Å². The van der Waals surface area contributed by atoms with Crippen LogP contribution in [0.1, 0.15) is 32.5 Å². The molecule has 0 saturated heterocycles. The maximum absolute atomic E-state index is 13.2. The Kier molecular flexibility index (Phi) is 4.35. The van der Waals surface area contributed by atoms with Gasteiger partial charge < -0.3 is 15.6 Å². The molecule has 1 aromatic heterocycles. The highest BCUT2D eigenvalue weighted by Gasteiger charge is 2.19. The summed E-state index contributed by atoms with van der Waals surface area (Å²) in [6.45, 7) is 6.11. The zero-order valence-corrected chi connectivity index (χ0v) is 14.5. The summed E-state index contributed by atoms with van der Waals surface area (Å²) >= 11 is 0. The van der Waals surface area contributed by atoms with E-state index in [2.05, 4.69) is 4.98 Å². The Bertz CT molecular complexity index is 976. The van der Waals surface area contributed by atoms with Gasteiger partial charge in [-0.2, -0.15) is 0 Å². The summed E-state index contributed by atoms with van der Waals surface area (Å²) in [7, 11) is 0. The molecule has 0 aliphatic rings. The summed E-state index contributed by atoms with van der Waals surface area (Å²) in [6, 6.07) is 10.1. The third-order valence-electron chi connectivity index (χ3n) is 3.96. The molecule has 130 valence electrons. The summed E-state index contributed by atoms with van der Waals surface area (Å²) in [4.78, 5) is 17.8. The van der Waals surface area contributed by atoms with E-state index in [1.54, 1.807) is 34.9 Å². The third kappa shape index (κ3) is 2.91. The monoisotopic (exact) mass is 339 g/mol. The Labute approximate surface area is 145 Å². The van der Waals surface area contributed by atoms with Crippen LogP contribution in [0, 0.1) is 0 Å². The molecule has 3 aromatic rings. The zero-order chi connectivity index (χ0) is 18.1. The summed E-state index contributed by atoms with van der Waals surface area (Å²) in [5.41, 5.74) is 7.24. The molecular formula is C19H21N3O3. The van der Waals surface area contributed by atoms with E-state index in [9.17, 15) is 9.90 Å². The number of benzene rings is 2. The molecule has 3 rings (SSSR count). The minimum Gasteiger partial charge on any atom is -0.504 e. The second-order valence-corrected chi connectivity index (χ2v) is 6.10. The lowest BCUT2D eigenvalue weighted by atomic mass is 10.1. The Morgan fingerprint density at radius 1 is 1.20 bits per heavy atom. The first-order valence-corrected chi connectivity index (χ1v) is 8.21. The highest BCUT2D eigenvalue weighted by molar-refractivity contribution is 5.86. The predicted octanol–water partition coefficient (Wildman–Crippen LogP) is 3.20. The van der Waals surface area contributed by atoms with Gasteiger partial charge in [0.05, 0.1) is 17.7 Å². The van der Waals surface area contributed by atoms with Crippen molar-refractivity contribution in [2.75, 3.05) is 12.3 Å². The number of aromatic hydroxyl groups is 1. The molecule has 0 aliphatic heterocycles. The molecule has 25 heavy (non-hydrogen) atoms. The number of nitrogens with two attached hydrogens (primary N) is 1. The molecule has 0 bridgehead atoms. The highest BCUT2D eigenvalue weighted by Crippen LogP contribution is 2.33. The number of phenols is 1. The fourth-order valence-corrected chi connectivity index (χ4v) is 2.78. The zero-order valence-electron chi connectivity index (χ0n) is 14.5. The maximum atomic E-state index is 13.2. The fourth-order valence-electron chi connectivity index (χ4n) is 2.78. The quantitative estimate of drug-likeness (QED) is 0.712. The average Bonchev–Trinajstić information content (AvgIpc) is 2.58. The van der Waals surface area contributed by atoms with Gasteiger partial charge >= 0.3 is 0 Å². The van der Waals surface area contributed by atoms with Gasteiger partial charge in [-0.3, -0.25) is 9.36 Å². The summed E-state index contributed by atoms with van der Waals surface area (Å²) in [5.74, 6) is 0.796. The molecular weight excluding hydrogens is 318 g/mol. The molecule has 2 aromatic carbocycles. The molecule has 0 atom stereocenters. The predicted molar refractivity (Wildman–Crippen MR) is 98.7 cm³/mol. The number of hydrogen-bond acceptors (Lipinski definition) is 5. The van der Waals surface area contributed by atoms with Gasteiger partial charge in [-0.15, -0.1) is 0 Å². The first-order chi connectivity index (χ1) is 11.9. The van der Waals surface area contributed by atoms with Crippen molar-refractivity contribution in [3.05, 3.63) is 52.6 Å². The molecule has 0 unspecified atom stereocenters. The van der Waals surface area contributed by atoms with Gasteiger partial charge in [0.15, 0.2) is 11.5 Å². The van der Waals surface area contributed by atoms with Gasteiger partial charge in [0.1, 0.15) is 11.3 Å². The number of phenolic OH excluding ortho intramolecular Hbond substituents is 1. The van der Waals surface area contributed by atoms with Gasteiger partial charge in [-0.05, 0) is 43.3 Å². The standard InChI is InChI=1S/C19H21N3O3/c1-4-25-17-15(23)10-9-14-16(17)21-18(11(2)3)22(19(14)24)13-7-5-12(20)6-8-13/h5-11,23H,4,20H2,1-3H3. The molecule has 0 radical (unpaired) electrons. The van der Waals surface area contributed by atoms with Crippen LogP contribution in [0.4, 0.5) is 5.69 Å². The van der Waals surface area contributed by atoms with Crippen LogP contribution in [0.5, 0.6) is 11.5 Å². The van der Waals surface area contributed by atoms with Gasteiger partial charge in [-0.1, -0.05) is 13.8 Å². The van der Waals surface area contributed by atoms with Crippen LogP contribution < -0.4 is 16.0 Å². The van der Waals surface area contributed by atoms with Crippen LogP contribution >= 0.6 is 0 Å². The number of nitrogen functional groups attached to an aromatic ring is 1. The van der Waals surface area contributed by atoms with Gasteiger partial charge in [0.2, 0.25) is 0 Å². The van der Waals surface area contributed by atoms with Crippen molar-refractivity contribution in [1.29, 1.82) is 0 Å². The fraction of sp³-hybridized carbons (Fsp3) is 0.263. The van der Waals surface area contributed by atoms with Gasteiger partial charge in [-0.25, -0.2) is 4.98 Å². The van der Waals surface area contributed by atoms with Crippen molar-refractivity contribution < 1.29 is 9.84 Å². The second-order valence-electron chi connectivity index (χ2n) is 6.10. The summed E-state index contributed by atoms with van der Waals surface area (Å²) in [5, 5.41) is 10.5. The van der Waals surface area contributed by atoms with E-state index in [1.807, 2.05) is 20.8 Å². The van der Waals surface area contributed by atoms with E-state index in [1.165, 1.54) is 6.07 Å². The lowest BCUT2D eigenvalue weighted by Gasteiger charge is -2.17. The summed E-state index contributed by atoms with van der Waals surface area (Å²) in [6.07, 6.45) is 0. The molecule has 1 heterocycles. The van der Waals surface area contributed by atoms with Crippen LogP contribution in [-0.4, -0.2) is 21.3 Å². The Morgan fingerprint density at radius 3 is 2.48 bits per heavy atom. The van der Waals surface area contributed by atoms with Crippen LogP contribution in [0.2, 0.25) is 0 Å². The van der Waals surface area contributed by atoms with E-state index >= 15 is 0 Å². The normalized spacial score (nSPS) is 11.2. The number of anilines is 1. The van der Waals surface area contributed by atoms with Crippen LogP contribution in [0.25, 0.3) is 16.6 Å². The van der Waals surface area contributed by atoms with Gasteiger partial charge in [0, 0.05) is 11.6 Å². The van der Waals surface area contributed by atoms with Crippen molar-refractivity contribution in [3.63, 3.8) is 0 Å². The molecule has 6 nitrogen and oxygen atoms in total. The largest absolute Gasteiger partial charge is 0.504 e. The lowest BCUT2D eigenvalue weighted by Crippen LogP contribution is -2.25. The smallest absolute Gasteiger partial charge is 0.266 e. The van der Waals surface area contributed by atoms with Crippen molar-refractivity contribution in [1.82, 2.24) is 9.55 Å². The van der Waals surface area contributed by atoms with E-state index in [-0.39, 0.29) is 23.0 Å². The second kappa shape index (κ2) is 6.47. The molecule has 0 saturated carbocycles. The number of nitrogens with zero attached hydrogens (tertiary/aromatic N) is 2. The average molecular weight is 339 g/mol. The Morgan fingerprint density at radius 2 is 1.88 bits per heavy atom. The number of ether oxygens (including phenoxy) is 1. The minimum absolute atomic E-state index is 0.00789. The lowest BCUT2D eigenvalue weighted by molar-refractivity contribution is 0.321. The van der Waals surface area contributed by atoms with E-state index in [0.717, 1.165) is 0 Å². The number of rotatable bonds is 4. The first kappa shape index (κ1) is 16.8. The molecule has 0 spiro atoms. The van der Waals surface area contributed by atoms with Crippen molar-refractivity contribution in [2.45, 2.75) is 26.7 Å². The van der Waals surface area contributed by atoms with Crippen LogP contribution in [0.15, 0.2) is 41.2 Å². The number of hydrogen-bond donors (Lipinski definition) is 2. The SMILES string of the molecule is CCOc1c(O)ccc2c(=O)n(-c3ccc(N)cc3)c(C(C)C)nc12. The van der Waals surface area contributed by atoms with E-state index in [0.29, 0.717) is 34.7 Å². The maximum Gasteiger partial charge on any atom is 0.266 e. The van der Waals surface area contributed by atoms with Crippen LogP contribution in [0.3, 0.4) is 0 Å². The van der Waals surface area contributed by atoms with E-state index < -0.39 is 0 Å². The highest BCUT2D eigenvalue weighted by atomic mass is 16.5. The third-order valence-corrected chi connectivity index (χ3v) is 3.96. The first-order valence-electron chi connectivity index (χ1n) is 8.21. The number of fused-ring (bicyclic) bond motifs is 1. The molecule has 0 fully saturated rings. The number of aromatic nitrogens is 2. The molecule has 0 aliphatic carbocycles. The minimum atomic E-state index is -0.209. The Hall–Kier alpha value is -3.02. The van der Waals surface area contributed by atoms with Crippen molar-refractivity contribution >= 4 is 16.6 Å². The molecule has 0 amide bonds. The van der Waals surface area contributed by atoms with Crippen LogP contribution in [-0.2, 0) is 0 Å². The topological polar surface area (TPSA) is 90.4 Å².